The Bertz CT molecular complexity index is 495. The van der Waals surface area contributed by atoms with Gasteiger partial charge in [-0.3, -0.25) is 0 Å². The van der Waals surface area contributed by atoms with Gasteiger partial charge in [-0.2, -0.15) is 0 Å². The zero-order chi connectivity index (χ0) is 13.0. The van der Waals surface area contributed by atoms with Crippen molar-refractivity contribution in [2.24, 2.45) is 5.73 Å². The van der Waals surface area contributed by atoms with Crippen molar-refractivity contribution >= 4 is 17.6 Å². The van der Waals surface area contributed by atoms with Crippen molar-refractivity contribution < 1.29 is 4.42 Å². The normalized spacial score (nSPS) is 12.4. The molecule has 0 aliphatic carbocycles. The Hall–Kier alpha value is -1.59. The lowest BCUT2D eigenvalue weighted by molar-refractivity contribution is 0.473. The first kappa shape index (κ1) is 12.9. The summed E-state index contributed by atoms with van der Waals surface area (Å²) in [4.78, 5) is 0. The third-order valence-electron chi connectivity index (χ3n) is 2.43. The molecule has 0 spiro atoms. The van der Waals surface area contributed by atoms with Crippen molar-refractivity contribution in [3.05, 3.63) is 40.7 Å². The standard InChI is InChI=1S/C12H15ClN4O/c1-8(14)11-16-17-12(18-11)15-7-6-9-2-4-10(13)5-3-9/h2-5,8H,6-7,14H2,1H3,(H,15,17). The van der Waals surface area contributed by atoms with Gasteiger partial charge in [-0.25, -0.2) is 0 Å². The van der Waals surface area contributed by atoms with Crippen LogP contribution in [-0.2, 0) is 6.42 Å². The van der Waals surface area contributed by atoms with Crippen LogP contribution < -0.4 is 11.1 Å². The molecule has 1 atom stereocenters. The lowest BCUT2D eigenvalue weighted by Crippen LogP contribution is -2.05. The molecule has 1 aromatic carbocycles. The molecule has 2 aromatic rings. The molecule has 5 nitrogen and oxygen atoms in total. The Morgan fingerprint density at radius 1 is 1.33 bits per heavy atom. The lowest BCUT2D eigenvalue weighted by Gasteiger charge is -2.02. The zero-order valence-corrected chi connectivity index (χ0v) is 10.8. The SMILES string of the molecule is CC(N)c1nnc(NCCc2ccc(Cl)cc2)o1. The van der Waals surface area contributed by atoms with Gasteiger partial charge in [0, 0.05) is 11.6 Å². The van der Waals surface area contributed by atoms with E-state index in [1.807, 2.05) is 24.3 Å². The molecule has 0 aliphatic heterocycles. The van der Waals surface area contributed by atoms with Gasteiger partial charge in [0.1, 0.15) is 0 Å². The van der Waals surface area contributed by atoms with Crippen molar-refractivity contribution in [3.8, 4) is 0 Å². The minimum absolute atomic E-state index is 0.246. The maximum Gasteiger partial charge on any atom is 0.315 e. The van der Waals surface area contributed by atoms with E-state index in [2.05, 4.69) is 15.5 Å². The predicted octanol–water partition coefficient (Wildman–Crippen LogP) is 2.40. The van der Waals surface area contributed by atoms with Gasteiger partial charge in [-0.1, -0.05) is 28.8 Å². The maximum absolute atomic E-state index is 5.81. The second-order valence-corrected chi connectivity index (χ2v) is 4.47. The Morgan fingerprint density at radius 2 is 2.06 bits per heavy atom. The molecule has 0 saturated heterocycles. The summed E-state index contributed by atoms with van der Waals surface area (Å²) < 4.78 is 5.32. The number of hydrogen-bond acceptors (Lipinski definition) is 5. The zero-order valence-electron chi connectivity index (χ0n) is 10.1. The molecule has 96 valence electrons. The van der Waals surface area contributed by atoms with Crippen LogP contribution >= 0.6 is 11.6 Å². The van der Waals surface area contributed by atoms with Gasteiger partial charge in [0.15, 0.2) is 0 Å². The summed E-state index contributed by atoms with van der Waals surface area (Å²) in [6.45, 7) is 2.51. The topological polar surface area (TPSA) is 77.0 Å². The number of nitrogens with zero attached hydrogens (tertiary/aromatic N) is 2. The summed E-state index contributed by atoms with van der Waals surface area (Å²) in [6, 6.07) is 7.88. The number of aromatic nitrogens is 2. The molecule has 1 aromatic heterocycles. The van der Waals surface area contributed by atoms with Gasteiger partial charge < -0.3 is 15.5 Å². The van der Waals surface area contributed by atoms with E-state index in [1.165, 1.54) is 5.56 Å². The quantitative estimate of drug-likeness (QED) is 0.869. The Kier molecular flexibility index (Phi) is 4.17. The van der Waals surface area contributed by atoms with Crippen LogP contribution in [0.4, 0.5) is 6.01 Å². The van der Waals surface area contributed by atoms with E-state index in [4.69, 9.17) is 21.8 Å². The highest BCUT2D eigenvalue weighted by Gasteiger charge is 2.08. The molecular weight excluding hydrogens is 252 g/mol. The highest BCUT2D eigenvalue weighted by molar-refractivity contribution is 6.30. The molecule has 0 amide bonds. The van der Waals surface area contributed by atoms with E-state index in [0.29, 0.717) is 18.5 Å². The third kappa shape index (κ3) is 3.45. The molecule has 0 radical (unpaired) electrons. The highest BCUT2D eigenvalue weighted by atomic mass is 35.5. The first-order valence-electron chi connectivity index (χ1n) is 5.72. The minimum Gasteiger partial charge on any atom is -0.406 e. The highest BCUT2D eigenvalue weighted by Crippen LogP contribution is 2.12. The smallest absolute Gasteiger partial charge is 0.315 e. The van der Waals surface area contributed by atoms with E-state index in [0.717, 1.165) is 11.4 Å². The molecule has 0 bridgehead atoms. The average molecular weight is 267 g/mol. The van der Waals surface area contributed by atoms with Crippen molar-refractivity contribution in [1.29, 1.82) is 0 Å². The van der Waals surface area contributed by atoms with Crippen LogP contribution in [0.2, 0.25) is 5.02 Å². The Morgan fingerprint density at radius 3 is 2.67 bits per heavy atom. The van der Waals surface area contributed by atoms with Crippen LogP contribution in [0, 0.1) is 0 Å². The van der Waals surface area contributed by atoms with Crippen LogP contribution in [0.15, 0.2) is 28.7 Å². The molecule has 2 rings (SSSR count). The largest absolute Gasteiger partial charge is 0.406 e. The van der Waals surface area contributed by atoms with Crippen molar-refractivity contribution in [3.63, 3.8) is 0 Å². The number of benzene rings is 1. The van der Waals surface area contributed by atoms with Crippen molar-refractivity contribution in [1.82, 2.24) is 10.2 Å². The number of anilines is 1. The number of rotatable bonds is 5. The van der Waals surface area contributed by atoms with E-state index >= 15 is 0 Å². The van der Waals surface area contributed by atoms with Crippen LogP contribution in [-0.4, -0.2) is 16.7 Å². The summed E-state index contributed by atoms with van der Waals surface area (Å²) in [7, 11) is 0. The second-order valence-electron chi connectivity index (χ2n) is 4.04. The van der Waals surface area contributed by atoms with E-state index in [9.17, 15) is 0 Å². The van der Waals surface area contributed by atoms with E-state index in [-0.39, 0.29) is 6.04 Å². The van der Waals surface area contributed by atoms with E-state index in [1.54, 1.807) is 6.92 Å². The van der Waals surface area contributed by atoms with Crippen LogP contribution in [0.3, 0.4) is 0 Å². The van der Waals surface area contributed by atoms with Gasteiger partial charge in [0.2, 0.25) is 5.89 Å². The summed E-state index contributed by atoms with van der Waals surface area (Å²) in [5.41, 5.74) is 6.82. The summed E-state index contributed by atoms with van der Waals surface area (Å²) in [5.74, 6) is 0.434. The van der Waals surface area contributed by atoms with E-state index < -0.39 is 0 Å². The molecular formula is C12H15ClN4O. The molecule has 0 aliphatic rings. The Balaban J connectivity index is 1.82. The fourth-order valence-corrected chi connectivity index (χ4v) is 1.58. The maximum atomic E-state index is 5.81. The first-order valence-corrected chi connectivity index (χ1v) is 6.10. The molecule has 18 heavy (non-hydrogen) atoms. The number of nitrogens with two attached hydrogens (primary N) is 1. The van der Waals surface area contributed by atoms with Gasteiger partial charge in [-0.15, -0.1) is 5.10 Å². The fourth-order valence-electron chi connectivity index (χ4n) is 1.45. The fraction of sp³-hybridized carbons (Fsp3) is 0.333. The van der Waals surface area contributed by atoms with Gasteiger partial charge in [-0.05, 0) is 31.0 Å². The number of nitrogens with one attached hydrogen (secondary N) is 1. The van der Waals surface area contributed by atoms with Crippen LogP contribution in [0.25, 0.3) is 0 Å². The van der Waals surface area contributed by atoms with Crippen LogP contribution in [0.1, 0.15) is 24.4 Å². The average Bonchev–Trinajstić information content (AvgIpc) is 2.81. The van der Waals surface area contributed by atoms with Crippen molar-refractivity contribution in [2.75, 3.05) is 11.9 Å². The molecule has 1 unspecified atom stereocenters. The molecule has 6 heteroatoms. The summed E-state index contributed by atoms with van der Waals surface area (Å²) >= 11 is 5.81. The predicted molar refractivity (Wildman–Crippen MR) is 70.5 cm³/mol. The number of hydrogen-bond donors (Lipinski definition) is 2. The molecule has 0 fully saturated rings. The van der Waals surface area contributed by atoms with Gasteiger partial charge >= 0.3 is 6.01 Å². The molecule has 1 heterocycles. The second kappa shape index (κ2) is 5.84. The number of halogens is 1. The van der Waals surface area contributed by atoms with Gasteiger partial charge in [0.25, 0.3) is 0 Å². The van der Waals surface area contributed by atoms with Crippen LogP contribution in [0.5, 0.6) is 0 Å². The summed E-state index contributed by atoms with van der Waals surface area (Å²) in [6.07, 6.45) is 0.854. The summed E-state index contributed by atoms with van der Waals surface area (Å²) in [5, 5.41) is 11.5. The molecule has 3 N–H and O–H groups in total. The molecule has 0 saturated carbocycles. The monoisotopic (exact) mass is 266 g/mol. The van der Waals surface area contributed by atoms with Gasteiger partial charge in [0.05, 0.1) is 6.04 Å². The lowest BCUT2D eigenvalue weighted by atomic mass is 10.1. The first-order chi connectivity index (χ1) is 8.65. The third-order valence-corrected chi connectivity index (χ3v) is 2.69. The Labute approximate surface area is 110 Å². The minimum atomic E-state index is -0.246. The van der Waals surface area contributed by atoms with Crippen molar-refractivity contribution in [2.45, 2.75) is 19.4 Å².